The number of pyridine rings is 1. The molecule has 0 amide bonds. The maximum atomic E-state index is 5.93. The van der Waals surface area contributed by atoms with E-state index in [2.05, 4.69) is 22.1 Å². The molecule has 1 aliphatic rings. The Morgan fingerprint density at radius 1 is 1.16 bits per heavy atom. The van der Waals surface area contributed by atoms with Gasteiger partial charge in [0.25, 0.3) is 0 Å². The molecule has 0 fully saturated rings. The molecule has 1 aromatic heterocycles. The van der Waals surface area contributed by atoms with E-state index in [0.29, 0.717) is 17.7 Å². The maximum Gasteiger partial charge on any atom is 0.236 e. The number of benzene rings is 1. The number of ether oxygens (including phenoxy) is 1. The summed E-state index contributed by atoms with van der Waals surface area (Å²) in [6.45, 7) is 2.52. The van der Waals surface area contributed by atoms with Crippen LogP contribution in [-0.2, 0) is 4.74 Å². The zero-order chi connectivity index (χ0) is 13.2. The van der Waals surface area contributed by atoms with E-state index < -0.39 is 0 Å². The molecular weight excluding hydrogens is 260 g/mol. The van der Waals surface area contributed by atoms with E-state index in [9.17, 15) is 0 Å². The highest BCUT2D eigenvalue weighted by Crippen LogP contribution is 2.25. The van der Waals surface area contributed by atoms with Crippen LogP contribution in [0, 0.1) is 6.92 Å². The fourth-order valence-corrected chi connectivity index (χ4v) is 2.22. The van der Waals surface area contributed by atoms with Crippen molar-refractivity contribution < 1.29 is 4.74 Å². The zero-order valence-electron chi connectivity index (χ0n) is 10.5. The number of halogens is 1. The van der Waals surface area contributed by atoms with Crippen LogP contribution in [0.4, 0.5) is 0 Å². The van der Waals surface area contributed by atoms with Crippen molar-refractivity contribution in [2.75, 3.05) is 6.61 Å². The molecule has 2 heterocycles. The zero-order valence-corrected chi connectivity index (χ0v) is 11.3. The lowest BCUT2D eigenvalue weighted by atomic mass is 10.1. The topological polar surface area (TPSA) is 34.5 Å². The molecule has 2 aromatic rings. The largest absolute Gasteiger partial charge is 0.474 e. The van der Waals surface area contributed by atoms with Gasteiger partial charge in [0.05, 0.1) is 0 Å². The van der Waals surface area contributed by atoms with E-state index in [0.717, 1.165) is 16.8 Å². The van der Waals surface area contributed by atoms with Gasteiger partial charge in [0.2, 0.25) is 5.90 Å². The first-order valence-corrected chi connectivity index (χ1v) is 6.51. The highest BCUT2D eigenvalue weighted by atomic mass is 35.5. The lowest BCUT2D eigenvalue weighted by Crippen LogP contribution is -2.06. The monoisotopic (exact) mass is 272 g/mol. The fourth-order valence-electron chi connectivity index (χ4n) is 2.07. The highest BCUT2D eigenvalue weighted by Gasteiger charge is 2.23. The average molecular weight is 273 g/mol. The van der Waals surface area contributed by atoms with Gasteiger partial charge < -0.3 is 4.74 Å². The number of hydrogen-bond donors (Lipinski definition) is 0. The Morgan fingerprint density at radius 2 is 1.95 bits per heavy atom. The second-order valence-electron chi connectivity index (χ2n) is 4.47. The summed E-state index contributed by atoms with van der Waals surface area (Å²) in [6, 6.07) is 13.8. The summed E-state index contributed by atoms with van der Waals surface area (Å²) in [4.78, 5) is 8.90. The van der Waals surface area contributed by atoms with Crippen molar-refractivity contribution in [3.8, 4) is 0 Å². The van der Waals surface area contributed by atoms with Gasteiger partial charge in [-0.25, -0.2) is 9.98 Å². The minimum absolute atomic E-state index is 0.0383. The van der Waals surface area contributed by atoms with Crippen LogP contribution in [0.15, 0.2) is 47.5 Å². The minimum Gasteiger partial charge on any atom is -0.474 e. The molecule has 1 aliphatic heterocycles. The van der Waals surface area contributed by atoms with Crippen molar-refractivity contribution >= 4 is 17.5 Å². The molecule has 1 aromatic carbocycles. The summed E-state index contributed by atoms with van der Waals surface area (Å²) in [5.41, 5.74) is 2.89. The van der Waals surface area contributed by atoms with Crippen molar-refractivity contribution in [3.63, 3.8) is 0 Å². The molecule has 3 nitrogen and oxygen atoms in total. The molecule has 3 rings (SSSR count). The van der Waals surface area contributed by atoms with Gasteiger partial charge in [0, 0.05) is 0 Å². The Kier molecular flexibility index (Phi) is 3.22. The predicted octanol–water partition coefficient (Wildman–Crippen LogP) is 3.56. The number of aryl methyl sites for hydroxylation is 1. The van der Waals surface area contributed by atoms with Crippen LogP contribution in [0.25, 0.3) is 0 Å². The van der Waals surface area contributed by atoms with Gasteiger partial charge >= 0.3 is 0 Å². The number of aromatic nitrogens is 1. The molecule has 1 atom stereocenters. The summed E-state index contributed by atoms with van der Waals surface area (Å²) in [5.74, 6) is 0.578. The Bertz CT molecular complexity index is 625. The normalized spacial score (nSPS) is 18.0. The molecule has 0 radical (unpaired) electrons. The van der Waals surface area contributed by atoms with Gasteiger partial charge in [-0.3, -0.25) is 0 Å². The smallest absolute Gasteiger partial charge is 0.236 e. The first kappa shape index (κ1) is 12.2. The molecule has 0 spiro atoms. The Morgan fingerprint density at radius 3 is 2.74 bits per heavy atom. The summed E-state index contributed by atoms with van der Waals surface area (Å²) in [6.07, 6.45) is 0. The van der Waals surface area contributed by atoms with Crippen molar-refractivity contribution in [1.29, 1.82) is 0 Å². The molecule has 0 aliphatic carbocycles. The van der Waals surface area contributed by atoms with Crippen LogP contribution in [0.3, 0.4) is 0 Å². The van der Waals surface area contributed by atoms with E-state index in [1.54, 1.807) is 6.07 Å². The van der Waals surface area contributed by atoms with Gasteiger partial charge in [-0.15, -0.1) is 0 Å². The average Bonchev–Trinajstić information content (AvgIpc) is 2.92. The third kappa shape index (κ3) is 2.47. The number of hydrogen-bond acceptors (Lipinski definition) is 3. The molecule has 19 heavy (non-hydrogen) atoms. The van der Waals surface area contributed by atoms with Crippen LogP contribution in [0.1, 0.15) is 22.9 Å². The van der Waals surface area contributed by atoms with Gasteiger partial charge in [-0.05, 0) is 24.1 Å². The first-order chi connectivity index (χ1) is 9.24. The van der Waals surface area contributed by atoms with Crippen molar-refractivity contribution in [1.82, 2.24) is 4.98 Å². The lowest BCUT2D eigenvalue weighted by molar-refractivity contribution is 0.319. The summed E-state index contributed by atoms with van der Waals surface area (Å²) >= 11 is 5.93. The summed E-state index contributed by atoms with van der Waals surface area (Å²) in [7, 11) is 0. The highest BCUT2D eigenvalue weighted by molar-refractivity contribution is 6.29. The molecule has 4 heteroatoms. The summed E-state index contributed by atoms with van der Waals surface area (Å²) in [5, 5.41) is 0.454. The van der Waals surface area contributed by atoms with Gasteiger partial charge in [-0.1, -0.05) is 48.0 Å². The molecule has 0 saturated carbocycles. The van der Waals surface area contributed by atoms with E-state index in [1.807, 2.05) is 31.2 Å². The number of rotatable bonds is 2. The van der Waals surface area contributed by atoms with Crippen LogP contribution in [0.2, 0.25) is 5.15 Å². The van der Waals surface area contributed by atoms with E-state index >= 15 is 0 Å². The van der Waals surface area contributed by atoms with E-state index in [1.165, 1.54) is 0 Å². The van der Waals surface area contributed by atoms with Crippen molar-refractivity contribution in [2.45, 2.75) is 13.0 Å². The third-order valence-electron chi connectivity index (χ3n) is 3.10. The minimum atomic E-state index is 0.0383. The van der Waals surface area contributed by atoms with Crippen LogP contribution >= 0.6 is 11.6 Å². The summed E-state index contributed by atoms with van der Waals surface area (Å²) < 4.78 is 5.67. The Balaban J connectivity index is 1.93. The van der Waals surface area contributed by atoms with Crippen molar-refractivity contribution in [3.05, 3.63) is 64.4 Å². The van der Waals surface area contributed by atoms with Crippen LogP contribution in [0.5, 0.6) is 0 Å². The second kappa shape index (κ2) is 5.02. The number of aliphatic imine (C=N–C) groups is 1. The second-order valence-corrected chi connectivity index (χ2v) is 4.86. The molecule has 0 bridgehead atoms. The van der Waals surface area contributed by atoms with Crippen LogP contribution < -0.4 is 0 Å². The third-order valence-corrected chi connectivity index (χ3v) is 3.31. The molecule has 0 N–H and O–H groups in total. The van der Waals surface area contributed by atoms with E-state index in [-0.39, 0.29) is 6.04 Å². The lowest BCUT2D eigenvalue weighted by Gasteiger charge is -2.04. The molecule has 1 unspecified atom stereocenters. The predicted molar refractivity (Wildman–Crippen MR) is 75.7 cm³/mol. The van der Waals surface area contributed by atoms with Crippen molar-refractivity contribution in [2.24, 2.45) is 4.99 Å². The van der Waals surface area contributed by atoms with E-state index in [4.69, 9.17) is 16.3 Å². The fraction of sp³-hybridized carbons (Fsp3) is 0.200. The maximum absolute atomic E-state index is 5.93. The number of nitrogens with zero attached hydrogens (tertiary/aromatic N) is 2. The van der Waals surface area contributed by atoms with Gasteiger partial charge in [-0.2, -0.15) is 0 Å². The van der Waals surface area contributed by atoms with Crippen LogP contribution in [-0.4, -0.2) is 17.5 Å². The first-order valence-electron chi connectivity index (χ1n) is 6.13. The quantitative estimate of drug-likeness (QED) is 0.784. The molecular formula is C15H13ClN2O. The van der Waals surface area contributed by atoms with Gasteiger partial charge in [0.1, 0.15) is 23.5 Å². The molecule has 0 saturated heterocycles. The SMILES string of the molecule is Cc1ccc(Cl)nc1C1=NC(c2ccccc2)CO1. The van der Waals surface area contributed by atoms with Gasteiger partial charge in [0.15, 0.2) is 0 Å². The Hall–Kier alpha value is -1.87. The standard InChI is InChI=1S/C15H13ClN2O/c1-10-7-8-13(16)18-14(10)15-17-12(9-19-15)11-5-3-2-4-6-11/h2-8,12H,9H2,1H3. The Labute approximate surface area is 116 Å². The molecule has 96 valence electrons.